The van der Waals surface area contributed by atoms with E-state index in [0.717, 1.165) is 69.5 Å². The van der Waals surface area contributed by atoms with Crippen molar-refractivity contribution in [3.63, 3.8) is 0 Å². The van der Waals surface area contributed by atoms with Gasteiger partial charge in [0.15, 0.2) is 0 Å². The molecule has 0 spiro atoms. The Labute approximate surface area is 205 Å². The highest BCUT2D eigenvalue weighted by molar-refractivity contribution is 5.76. The number of carbonyl (C=O) groups is 1. The summed E-state index contributed by atoms with van der Waals surface area (Å²) < 4.78 is 10.8. The van der Waals surface area contributed by atoms with Crippen LogP contribution in [0.3, 0.4) is 0 Å². The van der Waals surface area contributed by atoms with Crippen LogP contribution >= 0.6 is 0 Å². The van der Waals surface area contributed by atoms with E-state index in [2.05, 4.69) is 24.5 Å². The predicted molar refractivity (Wildman–Crippen MR) is 134 cm³/mol. The summed E-state index contributed by atoms with van der Waals surface area (Å²) in [6.45, 7) is 8.91. The summed E-state index contributed by atoms with van der Waals surface area (Å²) in [4.78, 5) is 12.9. The standard InChI is InChI=1S/C28H44N2O4/c1-26(2)18-24(30-21-10-15-34-16-11-21)28(14-13-27(3,32)17-23(26)28)12-9-25(31)29-19-20-5-7-22(33-4)8-6-20/h5-8,21,23-24,30,32H,9-19H2,1-4H3,(H,29,31)/t23-,24-,27-,28-/m0/s1. The molecule has 0 bridgehead atoms. The quantitative estimate of drug-likeness (QED) is 0.529. The van der Waals surface area contributed by atoms with Gasteiger partial charge in [0.1, 0.15) is 5.75 Å². The molecule has 0 aromatic heterocycles. The van der Waals surface area contributed by atoms with Crippen LogP contribution < -0.4 is 15.4 Å². The van der Waals surface area contributed by atoms with E-state index in [1.807, 2.05) is 31.2 Å². The SMILES string of the molecule is COc1ccc(CNC(=O)CC[C@]23CC[C@](C)(O)C[C@H]2C(C)(C)C[C@@H]3NC2CCOCC2)cc1. The van der Waals surface area contributed by atoms with Gasteiger partial charge in [-0.25, -0.2) is 0 Å². The van der Waals surface area contributed by atoms with Crippen LogP contribution in [-0.2, 0) is 16.1 Å². The van der Waals surface area contributed by atoms with E-state index in [1.54, 1.807) is 7.11 Å². The molecule has 6 nitrogen and oxygen atoms in total. The van der Waals surface area contributed by atoms with Crippen LogP contribution in [0, 0.1) is 16.7 Å². The topological polar surface area (TPSA) is 79.8 Å². The molecule has 34 heavy (non-hydrogen) atoms. The fourth-order valence-electron chi connectivity index (χ4n) is 6.99. The van der Waals surface area contributed by atoms with Gasteiger partial charge < -0.3 is 25.2 Å². The molecule has 1 saturated heterocycles. The van der Waals surface area contributed by atoms with Crippen molar-refractivity contribution in [2.45, 2.75) is 96.4 Å². The third-order valence-electron chi connectivity index (χ3n) is 8.96. The Hall–Kier alpha value is -1.63. The highest BCUT2D eigenvalue weighted by Gasteiger charge is 2.61. The zero-order chi connectivity index (χ0) is 24.4. The van der Waals surface area contributed by atoms with Crippen LogP contribution in [0.2, 0.25) is 0 Å². The first-order valence-electron chi connectivity index (χ1n) is 13.1. The first-order chi connectivity index (χ1) is 16.1. The first kappa shape index (κ1) is 25.5. The number of aliphatic hydroxyl groups is 1. The predicted octanol–water partition coefficient (Wildman–Crippen LogP) is 4.20. The van der Waals surface area contributed by atoms with Crippen LogP contribution in [0.15, 0.2) is 24.3 Å². The number of amides is 1. The lowest BCUT2D eigenvalue weighted by Crippen LogP contribution is -2.54. The van der Waals surface area contributed by atoms with E-state index in [1.165, 1.54) is 0 Å². The Morgan fingerprint density at radius 1 is 1.12 bits per heavy atom. The van der Waals surface area contributed by atoms with Crippen molar-refractivity contribution in [3.05, 3.63) is 29.8 Å². The molecule has 1 aromatic carbocycles. The Balaban J connectivity index is 1.44. The summed E-state index contributed by atoms with van der Waals surface area (Å²) in [5.41, 5.74) is 0.629. The third-order valence-corrected chi connectivity index (χ3v) is 8.96. The zero-order valence-electron chi connectivity index (χ0n) is 21.5. The number of hydrogen-bond acceptors (Lipinski definition) is 5. The van der Waals surface area contributed by atoms with Crippen molar-refractivity contribution < 1.29 is 19.4 Å². The van der Waals surface area contributed by atoms with E-state index in [4.69, 9.17) is 9.47 Å². The molecule has 1 aromatic rings. The fraction of sp³-hybridized carbons (Fsp3) is 0.750. The highest BCUT2D eigenvalue weighted by atomic mass is 16.5. The van der Waals surface area contributed by atoms with Crippen LogP contribution in [0.5, 0.6) is 5.75 Å². The summed E-state index contributed by atoms with van der Waals surface area (Å²) in [6, 6.07) is 8.69. The average molecular weight is 473 g/mol. The van der Waals surface area contributed by atoms with Gasteiger partial charge in [0.25, 0.3) is 0 Å². The largest absolute Gasteiger partial charge is 0.497 e. The monoisotopic (exact) mass is 472 g/mol. The Bertz CT molecular complexity index is 831. The second kappa shape index (κ2) is 10.2. The number of methoxy groups -OCH3 is 1. The summed E-state index contributed by atoms with van der Waals surface area (Å²) in [6.07, 6.45) is 7.19. The number of ether oxygens (including phenoxy) is 2. The molecule has 1 heterocycles. The number of nitrogens with one attached hydrogen (secondary N) is 2. The molecule has 4 atom stereocenters. The van der Waals surface area contributed by atoms with Crippen LogP contribution in [0.25, 0.3) is 0 Å². The summed E-state index contributed by atoms with van der Waals surface area (Å²) in [7, 11) is 1.66. The normalized spacial score (nSPS) is 33.3. The van der Waals surface area contributed by atoms with Gasteiger partial charge in [-0.15, -0.1) is 0 Å². The summed E-state index contributed by atoms with van der Waals surface area (Å²) >= 11 is 0. The minimum absolute atomic E-state index is 0.0432. The number of hydrogen-bond donors (Lipinski definition) is 3. The maximum Gasteiger partial charge on any atom is 0.220 e. The summed E-state index contributed by atoms with van der Waals surface area (Å²) in [5, 5.41) is 18.1. The average Bonchev–Trinajstić information content (AvgIpc) is 3.02. The van der Waals surface area contributed by atoms with Crippen LogP contribution in [0.1, 0.15) is 77.7 Å². The van der Waals surface area contributed by atoms with Crippen molar-refractivity contribution >= 4 is 5.91 Å². The van der Waals surface area contributed by atoms with Crippen LogP contribution in [-0.4, -0.2) is 49.0 Å². The van der Waals surface area contributed by atoms with Gasteiger partial charge in [0.05, 0.1) is 12.7 Å². The lowest BCUT2D eigenvalue weighted by atomic mass is 9.57. The van der Waals surface area contributed by atoms with E-state index < -0.39 is 5.60 Å². The van der Waals surface area contributed by atoms with Crippen LogP contribution in [0.4, 0.5) is 0 Å². The second-order valence-corrected chi connectivity index (χ2v) is 11.9. The third kappa shape index (κ3) is 5.60. The van der Waals surface area contributed by atoms with E-state index >= 15 is 0 Å². The molecular weight excluding hydrogens is 428 g/mol. The zero-order valence-corrected chi connectivity index (χ0v) is 21.5. The minimum atomic E-state index is -0.615. The first-order valence-corrected chi connectivity index (χ1v) is 13.1. The van der Waals surface area contributed by atoms with Crippen molar-refractivity contribution in [2.75, 3.05) is 20.3 Å². The number of benzene rings is 1. The van der Waals surface area contributed by atoms with Gasteiger partial charge in [-0.2, -0.15) is 0 Å². The molecule has 6 heteroatoms. The Morgan fingerprint density at radius 3 is 2.50 bits per heavy atom. The Kier molecular flexibility index (Phi) is 7.61. The van der Waals surface area contributed by atoms with Gasteiger partial charge in [0, 0.05) is 38.3 Å². The smallest absolute Gasteiger partial charge is 0.220 e. The van der Waals surface area contributed by atoms with Crippen molar-refractivity contribution in [1.82, 2.24) is 10.6 Å². The molecule has 4 rings (SSSR count). The van der Waals surface area contributed by atoms with E-state index in [-0.39, 0.29) is 16.7 Å². The lowest BCUT2D eigenvalue weighted by molar-refractivity contribution is -0.123. The molecule has 0 unspecified atom stereocenters. The second-order valence-electron chi connectivity index (χ2n) is 11.9. The van der Waals surface area contributed by atoms with Gasteiger partial charge in [-0.1, -0.05) is 26.0 Å². The number of carbonyl (C=O) groups excluding carboxylic acids is 1. The van der Waals surface area contributed by atoms with E-state index in [0.29, 0.717) is 31.0 Å². The van der Waals surface area contributed by atoms with Gasteiger partial charge >= 0.3 is 0 Å². The highest BCUT2D eigenvalue weighted by Crippen LogP contribution is 2.64. The van der Waals surface area contributed by atoms with Crippen molar-refractivity contribution in [1.29, 1.82) is 0 Å². The van der Waals surface area contributed by atoms with Crippen molar-refractivity contribution in [3.8, 4) is 5.75 Å². The molecular formula is C28H44N2O4. The summed E-state index contributed by atoms with van der Waals surface area (Å²) in [5.74, 6) is 1.33. The van der Waals surface area contributed by atoms with Gasteiger partial charge in [0.2, 0.25) is 5.91 Å². The lowest BCUT2D eigenvalue weighted by Gasteiger charge is -2.51. The molecule has 1 amide bonds. The van der Waals surface area contributed by atoms with Gasteiger partial charge in [-0.05, 0) is 86.3 Å². The molecule has 3 fully saturated rings. The number of fused-ring (bicyclic) bond motifs is 1. The minimum Gasteiger partial charge on any atom is -0.497 e. The molecule has 3 aliphatic rings. The van der Waals surface area contributed by atoms with Crippen molar-refractivity contribution in [2.24, 2.45) is 16.7 Å². The fourth-order valence-corrected chi connectivity index (χ4v) is 6.99. The Morgan fingerprint density at radius 2 is 1.82 bits per heavy atom. The molecule has 3 N–H and O–H groups in total. The van der Waals surface area contributed by atoms with E-state index in [9.17, 15) is 9.90 Å². The van der Waals surface area contributed by atoms with Gasteiger partial charge in [-0.3, -0.25) is 4.79 Å². The maximum atomic E-state index is 12.9. The number of rotatable bonds is 8. The molecule has 190 valence electrons. The molecule has 1 aliphatic heterocycles. The molecule has 2 saturated carbocycles. The molecule has 0 radical (unpaired) electrons. The maximum absolute atomic E-state index is 12.9. The molecule has 2 aliphatic carbocycles.